The normalized spacial score (nSPS) is 18.2. The van der Waals surface area contributed by atoms with E-state index in [-0.39, 0.29) is 18.1 Å². The molecule has 1 N–H and O–H groups in total. The molecule has 2 amide bonds. The minimum Gasteiger partial charge on any atom is -0.494 e. The van der Waals surface area contributed by atoms with Gasteiger partial charge in [0.1, 0.15) is 5.75 Å². The van der Waals surface area contributed by atoms with Gasteiger partial charge in [0.15, 0.2) is 0 Å². The van der Waals surface area contributed by atoms with Crippen molar-refractivity contribution in [3.63, 3.8) is 0 Å². The molecule has 0 radical (unpaired) electrons. The van der Waals surface area contributed by atoms with E-state index in [1.807, 2.05) is 47.8 Å². The summed E-state index contributed by atoms with van der Waals surface area (Å²) in [4.78, 5) is 14.6. The van der Waals surface area contributed by atoms with Crippen molar-refractivity contribution in [2.24, 2.45) is 0 Å². The van der Waals surface area contributed by atoms with Gasteiger partial charge in [0.25, 0.3) is 0 Å². The Morgan fingerprint density at radius 1 is 1.40 bits per heavy atom. The Balaban J connectivity index is 1.61. The number of hydrogen-bond acceptors (Lipinski definition) is 3. The van der Waals surface area contributed by atoms with E-state index in [0.29, 0.717) is 13.2 Å². The lowest BCUT2D eigenvalue weighted by Gasteiger charge is -2.27. The van der Waals surface area contributed by atoms with E-state index in [2.05, 4.69) is 22.5 Å². The van der Waals surface area contributed by atoms with Crippen molar-refractivity contribution in [1.29, 1.82) is 0 Å². The second kappa shape index (κ2) is 8.05. The molecule has 1 aromatic heterocycles. The molecule has 1 aliphatic heterocycles. The van der Waals surface area contributed by atoms with Crippen LogP contribution in [0.5, 0.6) is 5.75 Å². The highest BCUT2D eigenvalue weighted by atomic mass is 16.5. The third-order valence-electron chi connectivity index (χ3n) is 4.48. The SMILES string of the molecule is CCOc1ccc([C@@H]2CCCN2C(=O)N[C@H](C)Cn2cccn2)cc1. The maximum Gasteiger partial charge on any atom is 0.318 e. The Kier molecular flexibility index (Phi) is 5.58. The molecule has 0 saturated carbocycles. The molecule has 2 heterocycles. The van der Waals surface area contributed by atoms with Crippen molar-refractivity contribution in [2.75, 3.05) is 13.2 Å². The molecule has 1 aromatic carbocycles. The number of rotatable bonds is 6. The smallest absolute Gasteiger partial charge is 0.318 e. The summed E-state index contributed by atoms with van der Waals surface area (Å²) in [7, 11) is 0. The lowest BCUT2D eigenvalue weighted by atomic mass is 10.0. The first-order chi connectivity index (χ1) is 12.2. The second-order valence-electron chi connectivity index (χ2n) is 6.43. The van der Waals surface area contributed by atoms with Gasteiger partial charge in [0.05, 0.1) is 19.2 Å². The first-order valence-corrected chi connectivity index (χ1v) is 8.94. The maximum atomic E-state index is 12.7. The molecule has 2 aromatic rings. The van der Waals surface area contributed by atoms with Crippen molar-refractivity contribution in [3.8, 4) is 5.75 Å². The van der Waals surface area contributed by atoms with Gasteiger partial charge < -0.3 is 15.0 Å². The predicted octanol–water partition coefficient (Wildman–Crippen LogP) is 3.22. The number of urea groups is 1. The van der Waals surface area contributed by atoms with Gasteiger partial charge >= 0.3 is 6.03 Å². The second-order valence-corrected chi connectivity index (χ2v) is 6.43. The van der Waals surface area contributed by atoms with Gasteiger partial charge in [-0.1, -0.05) is 12.1 Å². The fourth-order valence-electron chi connectivity index (χ4n) is 3.34. The van der Waals surface area contributed by atoms with Crippen LogP contribution in [0.15, 0.2) is 42.7 Å². The van der Waals surface area contributed by atoms with Gasteiger partial charge in [-0.3, -0.25) is 4.68 Å². The van der Waals surface area contributed by atoms with Crippen molar-refractivity contribution < 1.29 is 9.53 Å². The molecule has 25 heavy (non-hydrogen) atoms. The van der Waals surface area contributed by atoms with Crippen molar-refractivity contribution in [1.82, 2.24) is 20.0 Å². The zero-order chi connectivity index (χ0) is 17.6. The Labute approximate surface area is 148 Å². The van der Waals surface area contributed by atoms with Crippen molar-refractivity contribution in [2.45, 2.75) is 45.3 Å². The summed E-state index contributed by atoms with van der Waals surface area (Å²) in [6.07, 6.45) is 5.67. The van der Waals surface area contributed by atoms with E-state index in [4.69, 9.17) is 4.74 Å². The lowest BCUT2D eigenvalue weighted by molar-refractivity contribution is 0.188. The van der Waals surface area contributed by atoms with Gasteiger partial charge in [0.2, 0.25) is 0 Å². The number of nitrogens with one attached hydrogen (secondary N) is 1. The van der Waals surface area contributed by atoms with Crippen LogP contribution in [0.3, 0.4) is 0 Å². The topological polar surface area (TPSA) is 59.4 Å². The number of likely N-dealkylation sites (tertiary alicyclic amines) is 1. The van der Waals surface area contributed by atoms with Crippen LogP contribution >= 0.6 is 0 Å². The number of nitrogens with zero attached hydrogens (tertiary/aromatic N) is 3. The van der Waals surface area contributed by atoms with Crippen molar-refractivity contribution in [3.05, 3.63) is 48.3 Å². The number of aromatic nitrogens is 2. The number of ether oxygens (including phenoxy) is 1. The fourth-order valence-corrected chi connectivity index (χ4v) is 3.34. The summed E-state index contributed by atoms with van der Waals surface area (Å²) in [5, 5.41) is 7.28. The van der Waals surface area contributed by atoms with Crippen LogP contribution in [0.25, 0.3) is 0 Å². The number of carbonyl (C=O) groups excluding carboxylic acids is 1. The molecule has 0 spiro atoms. The summed E-state index contributed by atoms with van der Waals surface area (Å²) < 4.78 is 7.33. The zero-order valence-electron chi connectivity index (χ0n) is 14.9. The summed E-state index contributed by atoms with van der Waals surface area (Å²) in [6.45, 7) is 6.09. The monoisotopic (exact) mass is 342 g/mol. The van der Waals surface area contributed by atoms with Crippen LogP contribution in [0.4, 0.5) is 4.79 Å². The van der Waals surface area contributed by atoms with Crippen LogP contribution in [-0.2, 0) is 6.54 Å². The first kappa shape index (κ1) is 17.3. The molecule has 2 atom stereocenters. The highest BCUT2D eigenvalue weighted by Gasteiger charge is 2.30. The molecule has 6 nitrogen and oxygen atoms in total. The Morgan fingerprint density at radius 2 is 2.20 bits per heavy atom. The number of hydrogen-bond donors (Lipinski definition) is 1. The molecule has 0 bridgehead atoms. The Bertz CT molecular complexity index is 669. The van der Waals surface area contributed by atoms with E-state index in [9.17, 15) is 4.79 Å². The summed E-state index contributed by atoms with van der Waals surface area (Å²) in [5.41, 5.74) is 1.16. The molecule has 134 valence electrons. The van der Waals surface area contributed by atoms with Crippen LogP contribution < -0.4 is 10.1 Å². The highest BCUT2D eigenvalue weighted by Crippen LogP contribution is 2.32. The number of carbonyl (C=O) groups is 1. The summed E-state index contributed by atoms with van der Waals surface area (Å²) in [6, 6.07) is 10.1. The van der Waals surface area contributed by atoms with Crippen LogP contribution in [0.2, 0.25) is 0 Å². The summed E-state index contributed by atoms with van der Waals surface area (Å²) in [5.74, 6) is 0.869. The fraction of sp³-hybridized carbons (Fsp3) is 0.474. The average molecular weight is 342 g/mol. The molecule has 1 fully saturated rings. The lowest BCUT2D eigenvalue weighted by Crippen LogP contribution is -2.44. The third-order valence-corrected chi connectivity index (χ3v) is 4.48. The molecule has 1 aliphatic rings. The summed E-state index contributed by atoms with van der Waals surface area (Å²) >= 11 is 0. The maximum absolute atomic E-state index is 12.7. The predicted molar refractivity (Wildman–Crippen MR) is 96.5 cm³/mol. The van der Waals surface area contributed by atoms with Gasteiger partial charge in [-0.2, -0.15) is 5.10 Å². The van der Waals surface area contributed by atoms with E-state index in [0.717, 1.165) is 30.7 Å². The molecular formula is C19H26N4O2. The largest absolute Gasteiger partial charge is 0.494 e. The molecule has 0 unspecified atom stereocenters. The highest BCUT2D eigenvalue weighted by molar-refractivity contribution is 5.75. The standard InChI is InChI=1S/C19H26N4O2/c1-3-25-17-9-7-16(8-10-17)18-6-4-13-23(18)19(24)21-15(2)14-22-12-5-11-20-22/h5,7-12,15,18H,3-4,6,13-14H2,1-2H3,(H,21,24)/t15-,18+/m1/s1. The van der Waals surface area contributed by atoms with E-state index in [1.54, 1.807) is 6.20 Å². The van der Waals surface area contributed by atoms with Crippen LogP contribution in [0, 0.1) is 0 Å². The molecule has 0 aliphatic carbocycles. The van der Waals surface area contributed by atoms with E-state index < -0.39 is 0 Å². The molecule has 3 rings (SSSR count). The molecular weight excluding hydrogens is 316 g/mol. The Hall–Kier alpha value is -2.50. The minimum absolute atomic E-state index is 0.00367. The van der Waals surface area contributed by atoms with E-state index >= 15 is 0 Å². The average Bonchev–Trinajstić information content (AvgIpc) is 3.27. The van der Waals surface area contributed by atoms with Gasteiger partial charge in [-0.25, -0.2) is 4.79 Å². The molecule has 6 heteroatoms. The van der Waals surface area contributed by atoms with Crippen LogP contribution in [-0.4, -0.2) is 39.9 Å². The minimum atomic E-state index is -0.00367. The third kappa shape index (κ3) is 4.32. The zero-order valence-corrected chi connectivity index (χ0v) is 14.9. The van der Waals surface area contributed by atoms with Crippen LogP contribution in [0.1, 0.15) is 38.3 Å². The number of benzene rings is 1. The van der Waals surface area contributed by atoms with Gasteiger partial charge in [-0.05, 0) is 50.5 Å². The molecule has 1 saturated heterocycles. The number of amides is 2. The Morgan fingerprint density at radius 3 is 2.88 bits per heavy atom. The first-order valence-electron chi connectivity index (χ1n) is 8.94. The van der Waals surface area contributed by atoms with Crippen molar-refractivity contribution >= 4 is 6.03 Å². The quantitative estimate of drug-likeness (QED) is 0.877. The van der Waals surface area contributed by atoms with Gasteiger partial charge in [-0.15, -0.1) is 0 Å². The van der Waals surface area contributed by atoms with E-state index in [1.165, 1.54) is 0 Å². The van der Waals surface area contributed by atoms with Gasteiger partial charge in [0, 0.05) is 25.0 Å².